The topological polar surface area (TPSA) is 31.4 Å². The van der Waals surface area contributed by atoms with Gasteiger partial charge in [-0.2, -0.15) is 0 Å². The van der Waals surface area contributed by atoms with Crippen molar-refractivity contribution in [3.8, 4) is 33.2 Å². The molecule has 3 rings (SSSR count). The van der Waals surface area contributed by atoms with Crippen LogP contribution in [0.5, 0.6) is 11.5 Å². The number of halogens is 1. The molecule has 0 aliphatic carbocycles. The summed E-state index contributed by atoms with van der Waals surface area (Å²) in [4.78, 5) is 5.52. The SMILES string of the molecule is COc1ccc(-c2nc(Cl)sc2-c2ccccc2)cc1OC. The molecule has 1 aromatic heterocycles. The second-order valence-electron chi connectivity index (χ2n) is 4.58. The quantitative estimate of drug-likeness (QED) is 0.662. The third-order valence-corrected chi connectivity index (χ3v) is 4.50. The zero-order valence-corrected chi connectivity index (χ0v) is 13.7. The molecule has 0 bridgehead atoms. The Kier molecular flexibility index (Phi) is 4.32. The maximum absolute atomic E-state index is 6.15. The van der Waals surface area contributed by atoms with Crippen molar-refractivity contribution >= 4 is 22.9 Å². The predicted octanol–water partition coefficient (Wildman–Crippen LogP) is 5.15. The average molecular weight is 332 g/mol. The van der Waals surface area contributed by atoms with Crippen molar-refractivity contribution in [3.63, 3.8) is 0 Å². The first-order chi connectivity index (χ1) is 10.7. The van der Waals surface area contributed by atoms with E-state index in [1.165, 1.54) is 11.3 Å². The fourth-order valence-corrected chi connectivity index (χ4v) is 3.39. The Bertz CT molecular complexity index is 787. The number of aromatic nitrogens is 1. The molecule has 0 spiro atoms. The maximum Gasteiger partial charge on any atom is 0.184 e. The smallest absolute Gasteiger partial charge is 0.184 e. The Morgan fingerprint density at radius 1 is 0.909 bits per heavy atom. The fourth-order valence-electron chi connectivity index (χ4n) is 2.26. The normalized spacial score (nSPS) is 10.5. The lowest BCUT2D eigenvalue weighted by atomic mass is 10.1. The highest BCUT2D eigenvalue weighted by Crippen LogP contribution is 2.41. The van der Waals surface area contributed by atoms with Crippen LogP contribution < -0.4 is 9.47 Å². The van der Waals surface area contributed by atoms with Crippen LogP contribution in [0.25, 0.3) is 21.7 Å². The molecule has 0 unspecified atom stereocenters. The molecule has 3 nitrogen and oxygen atoms in total. The molecule has 0 aliphatic heterocycles. The number of thiazole rings is 1. The van der Waals surface area contributed by atoms with E-state index in [1.54, 1.807) is 14.2 Å². The second kappa shape index (κ2) is 6.38. The zero-order valence-electron chi connectivity index (χ0n) is 12.2. The zero-order chi connectivity index (χ0) is 15.5. The summed E-state index contributed by atoms with van der Waals surface area (Å²) in [6, 6.07) is 15.8. The van der Waals surface area contributed by atoms with Crippen molar-refractivity contribution in [1.29, 1.82) is 0 Å². The summed E-state index contributed by atoms with van der Waals surface area (Å²) >= 11 is 7.62. The molecule has 5 heteroatoms. The van der Waals surface area contributed by atoms with E-state index in [9.17, 15) is 0 Å². The molecular weight excluding hydrogens is 318 g/mol. The predicted molar refractivity (Wildman–Crippen MR) is 91.1 cm³/mol. The van der Waals surface area contributed by atoms with Gasteiger partial charge in [-0.15, -0.1) is 11.3 Å². The van der Waals surface area contributed by atoms with E-state index in [4.69, 9.17) is 21.1 Å². The molecule has 0 aliphatic rings. The number of methoxy groups -OCH3 is 2. The highest BCUT2D eigenvalue weighted by molar-refractivity contribution is 7.19. The third-order valence-electron chi connectivity index (χ3n) is 3.29. The first-order valence-corrected chi connectivity index (χ1v) is 7.86. The fraction of sp³-hybridized carbons (Fsp3) is 0.118. The number of rotatable bonds is 4. The molecule has 0 radical (unpaired) electrons. The van der Waals surface area contributed by atoms with E-state index in [2.05, 4.69) is 4.98 Å². The molecule has 22 heavy (non-hydrogen) atoms. The molecule has 0 saturated heterocycles. The van der Waals surface area contributed by atoms with Gasteiger partial charge < -0.3 is 9.47 Å². The van der Waals surface area contributed by atoms with Crippen molar-refractivity contribution in [2.75, 3.05) is 14.2 Å². The van der Waals surface area contributed by atoms with E-state index in [1.807, 2.05) is 48.5 Å². The van der Waals surface area contributed by atoms with Gasteiger partial charge in [0, 0.05) is 5.56 Å². The molecule has 1 heterocycles. The van der Waals surface area contributed by atoms with Crippen LogP contribution >= 0.6 is 22.9 Å². The molecule has 2 aromatic carbocycles. The van der Waals surface area contributed by atoms with Crippen molar-refractivity contribution in [2.24, 2.45) is 0 Å². The van der Waals surface area contributed by atoms with Gasteiger partial charge in [0.15, 0.2) is 16.0 Å². The molecule has 0 fully saturated rings. The monoisotopic (exact) mass is 331 g/mol. The van der Waals surface area contributed by atoms with Crippen LogP contribution in [-0.4, -0.2) is 19.2 Å². The average Bonchev–Trinajstić information content (AvgIpc) is 2.97. The third kappa shape index (κ3) is 2.80. The lowest BCUT2D eigenvalue weighted by Crippen LogP contribution is -1.91. The molecule has 0 amide bonds. The highest BCUT2D eigenvalue weighted by atomic mass is 35.5. The lowest BCUT2D eigenvalue weighted by Gasteiger charge is -2.09. The molecule has 0 atom stereocenters. The van der Waals surface area contributed by atoms with E-state index in [0.29, 0.717) is 16.0 Å². The van der Waals surface area contributed by atoms with Crippen LogP contribution in [0.2, 0.25) is 4.47 Å². The summed E-state index contributed by atoms with van der Waals surface area (Å²) in [5.41, 5.74) is 2.89. The van der Waals surface area contributed by atoms with Gasteiger partial charge in [0.2, 0.25) is 0 Å². The van der Waals surface area contributed by atoms with Crippen LogP contribution in [0.1, 0.15) is 0 Å². The van der Waals surface area contributed by atoms with Gasteiger partial charge >= 0.3 is 0 Å². The van der Waals surface area contributed by atoms with Gasteiger partial charge in [-0.25, -0.2) is 4.98 Å². The molecule has 112 valence electrons. The van der Waals surface area contributed by atoms with Gasteiger partial charge in [-0.1, -0.05) is 41.9 Å². The minimum atomic E-state index is 0.517. The minimum Gasteiger partial charge on any atom is -0.493 e. The van der Waals surface area contributed by atoms with Crippen LogP contribution in [-0.2, 0) is 0 Å². The van der Waals surface area contributed by atoms with Gasteiger partial charge in [0.05, 0.1) is 24.8 Å². The molecule has 3 aromatic rings. The molecular formula is C17H14ClNO2S. The van der Waals surface area contributed by atoms with Gasteiger partial charge in [0.1, 0.15) is 0 Å². The van der Waals surface area contributed by atoms with E-state index in [-0.39, 0.29) is 0 Å². The molecule has 0 saturated carbocycles. The highest BCUT2D eigenvalue weighted by Gasteiger charge is 2.16. The van der Waals surface area contributed by atoms with Crippen molar-refractivity contribution in [3.05, 3.63) is 53.0 Å². The molecule has 0 N–H and O–H groups in total. The Morgan fingerprint density at radius 2 is 1.64 bits per heavy atom. The number of benzene rings is 2. The van der Waals surface area contributed by atoms with Gasteiger partial charge in [0.25, 0.3) is 0 Å². The largest absolute Gasteiger partial charge is 0.493 e. The summed E-state index contributed by atoms with van der Waals surface area (Å²) < 4.78 is 11.2. The maximum atomic E-state index is 6.15. The van der Waals surface area contributed by atoms with Crippen LogP contribution in [0.4, 0.5) is 0 Å². The number of hydrogen-bond acceptors (Lipinski definition) is 4. The standard InChI is InChI=1S/C17H14ClNO2S/c1-20-13-9-8-12(10-14(13)21-2)15-16(22-17(18)19-15)11-6-4-3-5-7-11/h3-10H,1-2H3. The van der Waals surface area contributed by atoms with E-state index in [0.717, 1.165) is 21.7 Å². The summed E-state index contributed by atoms with van der Waals surface area (Å²) in [6.07, 6.45) is 0. The Balaban J connectivity index is 2.13. The van der Waals surface area contributed by atoms with Crippen LogP contribution in [0.3, 0.4) is 0 Å². The Labute approximate surface area is 138 Å². The van der Waals surface area contributed by atoms with E-state index >= 15 is 0 Å². The summed E-state index contributed by atoms with van der Waals surface area (Å²) in [5, 5.41) is 0. The van der Waals surface area contributed by atoms with Crippen molar-refractivity contribution in [1.82, 2.24) is 4.98 Å². The lowest BCUT2D eigenvalue weighted by molar-refractivity contribution is 0.355. The number of ether oxygens (including phenoxy) is 2. The van der Waals surface area contributed by atoms with Gasteiger partial charge in [-0.3, -0.25) is 0 Å². The summed E-state index contributed by atoms with van der Waals surface area (Å²) in [5.74, 6) is 1.36. The first kappa shape index (κ1) is 14.9. The van der Waals surface area contributed by atoms with Crippen molar-refractivity contribution < 1.29 is 9.47 Å². The Hall–Kier alpha value is -2.04. The van der Waals surface area contributed by atoms with Crippen LogP contribution in [0.15, 0.2) is 48.5 Å². The Morgan fingerprint density at radius 3 is 2.32 bits per heavy atom. The second-order valence-corrected chi connectivity index (χ2v) is 6.16. The number of hydrogen-bond donors (Lipinski definition) is 0. The summed E-state index contributed by atoms with van der Waals surface area (Å²) in [7, 11) is 3.24. The number of nitrogens with zero attached hydrogens (tertiary/aromatic N) is 1. The minimum absolute atomic E-state index is 0.517. The van der Waals surface area contributed by atoms with Crippen molar-refractivity contribution in [2.45, 2.75) is 0 Å². The van der Waals surface area contributed by atoms with Gasteiger partial charge in [-0.05, 0) is 23.8 Å². The summed E-state index contributed by atoms with van der Waals surface area (Å²) in [6.45, 7) is 0. The van der Waals surface area contributed by atoms with Crippen LogP contribution in [0, 0.1) is 0 Å². The van der Waals surface area contributed by atoms with E-state index < -0.39 is 0 Å². The first-order valence-electron chi connectivity index (χ1n) is 6.67.